The summed E-state index contributed by atoms with van der Waals surface area (Å²) in [7, 11) is 0. The lowest BCUT2D eigenvalue weighted by molar-refractivity contribution is -0.137. The minimum Gasteiger partial charge on any atom is -0.340 e. The van der Waals surface area contributed by atoms with Gasteiger partial charge < -0.3 is 15.5 Å². The second-order valence-electron chi connectivity index (χ2n) is 8.54. The Balaban J connectivity index is 1.42. The Morgan fingerprint density at radius 3 is 1.84 bits per heavy atom. The molecule has 0 spiro atoms. The Morgan fingerprint density at radius 2 is 1.26 bits per heavy atom. The highest BCUT2D eigenvalue weighted by molar-refractivity contribution is 6.12. The summed E-state index contributed by atoms with van der Waals surface area (Å²) in [6.07, 6.45) is 5.54. The van der Waals surface area contributed by atoms with Crippen LogP contribution in [0.5, 0.6) is 0 Å². The van der Waals surface area contributed by atoms with Crippen LogP contribution < -0.4 is 10.6 Å². The Hall–Kier alpha value is -1.81. The SMILES string of the molecule is O=C(CCCCCN1C(=O)C=CC1=O)N1CCN2CCNCCNCCN(CC2)CC1. The monoisotopic (exact) mass is 434 g/mol. The lowest BCUT2D eigenvalue weighted by atomic mass is 10.1. The number of imide groups is 1. The smallest absolute Gasteiger partial charge is 0.253 e. The van der Waals surface area contributed by atoms with Crippen molar-refractivity contribution in [2.45, 2.75) is 25.7 Å². The third-order valence-corrected chi connectivity index (χ3v) is 6.32. The van der Waals surface area contributed by atoms with E-state index in [9.17, 15) is 14.4 Å². The fraction of sp³-hybridized carbons (Fsp3) is 0.773. The molecule has 3 aliphatic rings. The molecule has 3 amide bonds. The van der Waals surface area contributed by atoms with E-state index in [2.05, 4.69) is 20.4 Å². The van der Waals surface area contributed by atoms with Crippen molar-refractivity contribution in [2.24, 2.45) is 0 Å². The molecule has 9 nitrogen and oxygen atoms in total. The van der Waals surface area contributed by atoms with Gasteiger partial charge in [0.05, 0.1) is 0 Å². The molecular formula is C22H38N6O3. The van der Waals surface area contributed by atoms with Crippen LogP contribution in [0.25, 0.3) is 0 Å². The third kappa shape index (κ3) is 7.99. The number of fused-ring (bicyclic) bond motifs is 3. The fourth-order valence-electron chi connectivity index (χ4n) is 4.27. The average Bonchev–Trinajstić information content (AvgIpc) is 3.11. The normalized spacial score (nSPS) is 26.2. The van der Waals surface area contributed by atoms with Gasteiger partial charge in [0.15, 0.2) is 0 Å². The van der Waals surface area contributed by atoms with E-state index in [4.69, 9.17) is 0 Å². The molecular weight excluding hydrogens is 396 g/mol. The van der Waals surface area contributed by atoms with Crippen molar-refractivity contribution >= 4 is 17.7 Å². The Kier molecular flexibility index (Phi) is 9.92. The highest BCUT2D eigenvalue weighted by Crippen LogP contribution is 2.10. The van der Waals surface area contributed by atoms with Gasteiger partial charge in [0.2, 0.25) is 5.91 Å². The van der Waals surface area contributed by atoms with Crippen LogP contribution in [0.2, 0.25) is 0 Å². The van der Waals surface area contributed by atoms with Gasteiger partial charge in [0, 0.05) is 104 Å². The molecule has 0 saturated carbocycles. The summed E-state index contributed by atoms with van der Waals surface area (Å²) in [5, 5.41) is 6.98. The first kappa shape index (κ1) is 23.8. The van der Waals surface area contributed by atoms with E-state index in [-0.39, 0.29) is 17.7 Å². The summed E-state index contributed by atoms with van der Waals surface area (Å²) in [6.45, 7) is 11.9. The lowest BCUT2D eigenvalue weighted by Crippen LogP contribution is -2.43. The maximum absolute atomic E-state index is 12.9. The van der Waals surface area contributed by atoms with Gasteiger partial charge in [-0.05, 0) is 12.8 Å². The molecule has 2 atom stereocenters. The number of hydrogen-bond donors (Lipinski definition) is 2. The Bertz CT molecular complexity index is 601. The number of nitrogens with one attached hydrogen (secondary N) is 2. The molecule has 2 bridgehead atoms. The number of unbranched alkanes of at least 4 members (excludes halogenated alkanes) is 2. The van der Waals surface area contributed by atoms with E-state index in [1.54, 1.807) is 0 Å². The van der Waals surface area contributed by atoms with Crippen LogP contribution in [0.4, 0.5) is 0 Å². The molecule has 174 valence electrons. The largest absolute Gasteiger partial charge is 0.340 e. The van der Waals surface area contributed by atoms with Crippen LogP contribution in [0.3, 0.4) is 0 Å². The van der Waals surface area contributed by atoms with Gasteiger partial charge in [-0.3, -0.25) is 29.1 Å². The van der Waals surface area contributed by atoms with E-state index in [1.807, 2.05) is 4.90 Å². The quantitative estimate of drug-likeness (QED) is 0.414. The molecule has 2 unspecified atom stereocenters. The van der Waals surface area contributed by atoms with E-state index in [1.165, 1.54) is 17.1 Å². The molecule has 3 heterocycles. The Morgan fingerprint density at radius 1 is 0.710 bits per heavy atom. The number of carbonyl (C=O) groups excluding carboxylic acids is 3. The predicted molar refractivity (Wildman–Crippen MR) is 120 cm³/mol. The van der Waals surface area contributed by atoms with Crippen molar-refractivity contribution in [3.05, 3.63) is 12.2 Å². The maximum Gasteiger partial charge on any atom is 0.253 e. The van der Waals surface area contributed by atoms with Gasteiger partial charge in [-0.25, -0.2) is 0 Å². The molecule has 2 N–H and O–H groups in total. The minimum absolute atomic E-state index is 0.220. The first-order chi connectivity index (χ1) is 15.1. The van der Waals surface area contributed by atoms with Crippen LogP contribution in [0.1, 0.15) is 25.7 Å². The minimum atomic E-state index is -0.229. The first-order valence-corrected chi connectivity index (χ1v) is 11.8. The summed E-state index contributed by atoms with van der Waals surface area (Å²) < 4.78 is 0. The summed E-state index contributed by atoms with van der Waals surface area (Å²) in [5.74, 6) is -0.238. The lowest BCUT2D eigenvalue weighted by Gasteiger charge is -2.26. The van der Waals surface area contributed by atoms with Gasteiger partial charge in [0.1, 0.15) is 0 Å². The van der Waals surface area contributed by atoms with Crippen molar-refractivity contribution in [1.29, 1.82) is 0 Å². The van der Waals surface area contributed by atoms with Crippen molar-refractivity contribution < 1.29 is 14.4 Å². The number of amides is 3. The van der Waals surface area contributed by atoms with Gasteiger partial charge >= 0.3 is 0 Å². The molecule has 0 aromatic heterocycles. The molecule has 3 rings (SSSR count). The summed E-state index contributed by atoms with van der Waals surface area (Å²) in [5.41, 5.74) is 0. The molecule has 0 aliphatic carbocycles. The molecule has 0 radical (unpaired) electrons. The Labute approximate surface area is 185 Å². The first-order valence-electron chi connectivity index (χ1n) is 11.8. The molecule has 0 aromatic carbocycles. The van der Waals surface area contributed by atoms with Crippen molar-refractivity contribution in [2.75, 3.05) is 85.1 Å². The maximum atomic E-state index is 12.9. The predicted octanol–water partition coefficient (Wildman–Crippen LogP) is -0.889. The zero-order chi connectivity index (χ0) is 21.9. The van der Waals surface area contributed by atoms with Crippen LogP contribution >= 0.6 is 0 Å². The van der Waals surface area contributed by atoms with Gasteiger partial charge in [-0.15, -0.1) is 0 Å². The molecule has 3 aliphatic heterocycles. The molecule has 9 heteroatoms. The van der Waals surface area contributed by atoms with E-state index < -0.39 is 0 Å². The van der Waals surface area contributed by atoms with Gasteiger partial charge in [-0.1, -0.05) is 6.42 Å². The van der Waals surface area contributed by atoms with E-state index >= 15 is 0 Å². The average molecular weight is 435 g/mol. The molecule has 0 aromatic rings. The van der Waals surface area contributed by atoms with Crippen LogP contribution in [0.15, 0.2) is 12.2 Å². The second kappa shape index (κ2) is 12.9. The fourth-order valence-corrected chi connectivity index (χ4v) is 4.27. The summed E-state index contributed by atoms with van der Waals surface area (Å²) in [4.78, 5) is 44.3. The summed E-state index contributed by atoms with van der Waals surface area (Å²) in [6, 6.07) is 0. The molecule has 2 saturated heterocycles. The molecule has 2 fully saturated rings. The second-order valence-corrected chi connectivity index (χ2v) is 8.54. The number of nitrogens with zero attached hydrogens (tertiary/aromatic N) is 4. The van der Waals surface area contributed by atoms with Crippen LogP contribution in [-0.4, -0.2) is 122 Å². The summed E-state index contributed by atoms with van der Waals surface area (Å²) >= 11 is 0. The number of hydrogen-bond acceptors (Lipinski definition) is 7. The van der Waals surface area contributed by atoms with Crippen molar-refractivity contribution in [3.8, 4) is 0 Å². The standard InChI is InChI=1S/C22H38N6O3/c29-20(4-2-1-3-11-28-21(30)5-6-22(28)31)27-18-16-25-12-9-23-7-8-24-10-13-26(15-14-25)17-19-27/h5-6,23-24H,1-4,7-19H2. The van der Waals surface area contributed by atoms with E-state index in [0.29, 0.717) is 13.0 Å². The number of rotatable bonds is 6. The zero-order valence-corrected chi connectivity index (χ0v) is 18.7. The van der Waals surface area contributed by atoms with Gasteiger partial charge in [-0.2, -0.15) is 0 Å². The van der Waals surface area contributed by atoms with Crippen molar-refractivity contribution in [3.63, 3.8) is 0 Å². The zero-order valence-electron chi connectivity index (χ0n) is 18.7. The van der Waals surface area contributed by atoms with Gasteiger partial charge in [0.25, 0.3) is 11.8 Å². The van der Waals surface area contributed by atoms with E-state index in [0.717, 1.165) is 97.8 Å². The van der Waals surface area contributed by atoms with Crippen LogP contribution in [0, 0.1) is 0 Å². The van der Waals surface area contributed by atoms with Crippen molar-refractivity contribution in [1.82, 2.24) is 30.2 Å². The molecule has 31 heavy (non-hydrogen) atoms. The van der Waals surface area contributed by atoms with Crippen LogP contribution in [-0.2, 0) is 14.4 Å². The highest BCUT2D eigenvalue weighted by Gasteiger charge is 2.23. The highest BCUT2D eigenvalue weighted by atomic mass is 16.2. The number of carbonyl (C=O) groups is 3. The third-order valence-electron chi connectivity index (χ3n) is 6.32. The topological polar surface area (TPSA) is 88.2 Å².